The van der Waals surface area contributed by atoms with Gasteiger partial charge in [0.05, 0.1) is 6.33 Å². The maximum absolute atomic E-state index is 4.14. The number of benzene rings is 3. The second-order valence-electron chi connectivity index (χ2n) is 5.89. The Bertz CT molecular complexity index is 853. The van der Waals surface area contributed by atoms with Crippen LogP contribution >= 0.6 is 0 Å². The van der Waals surface area contributed by atoms with Crippen LogP contribution in [0.2, 0.25) is 0 Å². The molecule has 4 aromatic rings. The van der Waals surface area contributed by atoms with Crippen molar-refractivity contribution in [1.82, 2.24) is 9.55 Å². The minimum atomic E-state index is 0.820. The first kappa shape index (κ1) is 14.5. The zero-order valence-corrected chi connectivity index (χ0v) is 13.3. The lowest BCUT2D eigenvalue weighted by Crippen LogP contribution is -1.97. The second kappa shape index (κ2) is 6.55. The first-order valence-corrected chi connectivity index (χ1v) is 8.09. The maximum atomic E-state index is 4.14. The molecule has 1 aromatic heterocycles. The molecule has 0 spiro atoms. The molecule has 0 aliphatic rings. The number of rotatable bonds is 4. The molecule has 3 aromatic carbocycles. The van der Waals surface area contributed by atoms with Crippen molar-refractivity contribution in [2.24, 2.45) is 0 Å². The predicted molar refractivity (Wildman–Crippen MR) is 98.6 cm³/mol. The average molecular weight is 310 g/mol. The minimum Gasteiger partial charge on any atom is -0.333 e. The number of hydrogen-bond acceptors (Lipinski definition) is 1. The molecule has 0 saturated carbocycles. The summed E-state index contributed by atoms with van der Waals surface area (Å²) in [5, 5.41) is 0. The van der Waals surface area contributed by atoms with E-state index in [0.29, 0.717) is 0 Å². The van der Waals surface area contributed by atoms with Crippen LogP contribution in [-0.4, -0.2) is 9.55 Å². The predicted octanol–water partition coefficient (Wildman–Crippen LogP) is 5.27. The highest BCUT2D eigenvalue weighted by Crippen LogP contribution is 2.28. The topological polar surface area (TPSA) is 17.8 Å². The van der Waals surface area contributed by atoms with Crippen LogP contribution in [0.25, 0.3) is 22.3 Å². The van der Waals surface area contributed by atoms with Gasteiger partial charge in [-0.25, -0.2) is 4.98 Å². The molecular formula is C22H18N2. The molecule has 0 saturated heterocycles. The van der Waals surface area contributed by atoms with Crippen LogP contribution < -0.4 is 0 Å². The zero-order chi connectivity index (χ0) is 16.2. The summed E-state index contributed by atoms with van der Waals surface area (Å²) in [5.74, 6) is 0. The van der Waals surface area contributed by atoms with Crippen LogP contribution in [-0.2, 0) is 6.54 Å². The van der Waals surface area contributed by atoms with Gasteiger partial charge < -0.3 is 4.57 Å². The van der Waals surface area contributed by atoms with Crippen LogP contribution in [0.4, 0.5) is 0 Å². The molecule has 0 aliphatic heterocycles. The third-order valence-electron chi connectivity index (χ3n) is 4.13. The summed E-state index contributed by atoms with van der Waals surface area (Å²) in [7, 11) is 0. The molecule has 0 N–H and O–H groups in total. The molecule has 2 nitrogen and oxygen atoms in total. The van der Waals surface area contributed by atoms with Crippen LogP contribution in [0.1, 0.15) is 5.56 Å². The monoisotopic (exact) mass is 310 g/mol. The fourth-order valence-electron chi connectivity index (χ4n) is 2.97. The van der Waals surface area contributed by atoms with E-state index in [2.05, 4.69) is 88.4 Å². The lowest BCUT2D eigenvalue weighted by atomic mass is 9.96. The SMILES string of the molecule is c1ccc(-c2cc(Cn3ccnc3)cc(-c3ccccc3)c2)cc1. The molecule has 4 rings (SSSR count). The van der Waals surface area contributed by atoms with Crippen molar-refractivity contribution in [2.45, 2.75) is 6.54 Å². The molecule has 1 heterocycles. The third kappa shape index (κ3) is 3.13. The number of aromatic nitrogens is 2. The molecule has 116 valence electrons. The van der Waals surface area contributed by atoms with Gasteiger partial charge in [0, 0.05) is 18.9 Å². The van der Waals surface area contributed by atoms with E-state index in [4.69, 9.17) is 0 Å². The van der Waals surface area contributed by atoms with E-state index in [1.54, 1.807) is 0 Å². The molecule has 2 heteroatoms. The Kier molecular flexibility index (Phi) is 3.95. The second-order valence-corrected chi connectivity index (χ2v) is 5.89. The van der Waals surface area contributed by atoms with E-state index in [9.17, 15) is 0 Å². The molecule has 24 heavy (non-hydrogen) atoms. The summed E-state index contributed by atoms with van der Waals surface area (Å²) in [6.07, 6.45) is 5.67. The van der Waals surface area contributed by atoms with E-state index in [1.165, 1.54) is 27.8 Å². The summed E-state index contributed by atoms with van der Waals surface area (Å²) in [6, 6.07) is 27.9. The van der Waals surface area contributed by atoms with E-state index in [0.717, 1.165) is 6.54 Å². The van der Waals surface area contributed by atoms with Crippen molar-refractivity contribution in [3.8, 4) is 22.3 Å². The van der Waals surface area contributed by atoms with Crippen molar-refractivity contribution >= 4 is 0 Å². The summed E-state index contributed by atoms with van der Waals surface area (Å²) in [5.41, 5.74) is 6.23. The largest absolute Gasteiger partial charge is 0.333 e. The summed E-state index contributed by atoms with van der Waals surface area (Å²) < 4.78 is 2.10. The molecule has 0 bridgehead atoms. The van der Waals surface area contributed by atoms with Gasteiger partial charge >= 0.3 is 0 Å². The summed E-state index contributed by atoms with van der Waals surface area (Å²) >= 11 is 0. The number of nitrogens with zero attached hydrogens (tertiary/aromatic N) is 2. The standard InChI is InChI=1S/C22H18N2/c1-3-7-19(8-4-1)21-13-18(16-24-12-11-23-17-24)14-22(15-21)20-9-5-2-6-10-20/h1-15,17H,16H2. The zero-order valence-electron chi connectivity index (χ0n) is 13.3. The van der Waals surface area contributed by atoms with Crippen LogP contribution in [0.5, 0.6) is 0 Å². The van der Waals surface area contributed by atoms with E-state index >= 15 is 0 Å². The van der Waals surface area contributed by atoms with Crippen molar-refractivity contribution in [3.63, 3.8) is 0 Å². The average Bonchev–Trinajstić information content (AvgIpc) is 3.16. The lowest BCUT2D eigenvalue weighted by molar-refractivity contribution is 0.798. The Morgan fingerprint density at radius 3 is 1.75 bits per heavy atom. The van der Waals surface area contributed by atoms with Gasteiger partial charge in [-0.15, -0.1) is 0 Å². The first-order valence-electron chi connectivity index (χ1n) is 8.09. The summed E-state index contributed by atoms with van der Waals surface area (Å²) in [4.78, 5) is 4.14. The molecule has 0 amide bonds. The molecule has 0 radical (unpaired) electrons. The molecule has 0 atom stereocenters. The van der Waals surface area contributed by atoms with Gasteiger partial charge in [0.2, 0.25) is 0 Å². The summed E-state index contributed by atoms with van der Waals surface area (Å²) in [6.45, 7) is 0.820. The quantitative estimate of drug-likeness (QED) is 0.502. The molecule has 0 aliphatic carbocycles. The van der Waals surface area contributed by atoms with Gasteiger partial charge in [0.15, 0.2) is 0 Å². The van der Waals surface area contributed by atoms with E-state index < -0.39 is 0 Å². The highest BCUT2D eigenvalue weighted by Gasteiger charge is 2.06. The molecule has 0 fully saturated rings. The van der Waals surface area contributed by atoms with E-state index in [-0.39, 0.29) is 0 Å². The van der Waals surface area contributed by atoms with Gasteiger partial charge in [0.25, 0.3) is 0 Å². The van der Waals surface area contributed by atoms with Gasteiger partial charge in [-0.1, -0.05) is 60.7 Å². The highest BCUT2D eigenvalue weighted by molar-refractivity contribution is 5.74. The van der Waals surface area contributed by atoms with Crippen LogP contribution in [0.15, 0.2) is 97.6 Å². The Balaban J connectivity index is 1.81. The van der Waals surface area contributed by atoms with Crippen LogP contribution in [0.3, 0.4) is 0 Å². The van der Waals surface area contributed by atoms with Gasteiger partial charge in [-0.05, 0) is 46.0 Å². The maximum Gasteiger partial charge on any atom is 0.0949 e. The molecule has 0 unspecified atom stereocenters. The fourth-order valence-corrected chi connectivity index (χ4v) is 2.97. The normalized spacial score (nSPS) is 10.7. The smallest absolute Gasteiger partial charge is 0.0949 e. The Morgan fingerprint density at radius 1 is 0.667 bits per heavy atom. The van der Waals surface area contributed by atoms with Gasteiger partial charge in [-0.3, -0.25) is 0 Å². The van der Waals surface area contributed by atoms with Crippen molar-refractivity contribution < 1.29 is 0 Å². The van der Waals surface area contributed by atoms with Crippen molar-refractivity contribution in [3.05, 3.63) is 103 Å². The molecular weight excluding hydrogens is 292 g/mol. The minimum absolute atomic E-state index is 0.820. The number of hydrogen-bond donors (Lipinski definition) is 0. The van der Waals surface area contributed by atoms with Crippen molar-refractivity contribution in [2.75, 3.05) is 0 Å². The van der Waals surface area contributed by atoms with Crippen molar-refractivity contribution in [1.29, 1.82) is 0 Å². The fraction of sp³-hybridized carbons (Fsp3) is 0.0455. The number of imidazole rings is 1. The lowest BCUT2D eigenvalue weighted by Gasteiger charge is -2.11. The van der Waals surface area contributed by atoms with Gasteiger partial charge in [0.1, 0.15) is 0 Å². The third-order valence-corrected chi connectivity index (χ3v) is 4.13. The Morgan fingerprint density at radius 2 is 1.25 bits per heavy atom. The first-order chi connectivity index (χ1) is 11.9. The van der Waals surface area contributed by atoms with E-state index in [1.807, 2.05) is 18.7 Å². The Labute approximate surface area is 142 Å². The Hall–Kier alpha value is -3.13. The highest BCUT2D eigenvalue weighted by atomic mass is 15.0. The van der Waals surface area contributed by atoms with Gasteiger partial charge in [-0.2, -0.15) is 0 Å². The van der Waals surface area contributed by atoms with Crippen LogP contribution in [0, 0.1) is 0 Å².